The first-order chi connectivity index (χ1) is 21.2. The number of sulfonamides is 1. The maximum Gasteiger partial charge on any atom is 0.317 e. The van der Waals surface area contributed by atoms with Gasteiger partial charge in [-0.05, 0) is 89.4 Å². The summed E-state index contributed by atoms with van der Waals surface area (Å²) in [5.74, 6) is -0.338. The van der Waals surface area contributed by atoms with Gasteiger partial charge < -0.3 is 29.7 Å². The summed E-state index contributed by atoms with van der Waals surface area (Å²) < 4.78 is 41.3. The number of carbonyl (C=O) groups excluding carboxylic acids is 2. The van der Waals surface area contributed by atoms with E-state index in [2.05, 4.69) is 10.0 Å². The van der Waals surface area contributed by atoms with Gasteiger partial charge in [0.2, 0.25) is 0 Å². The number of halogens is 1. The van der Waals surface area contributed by atoms with Crippen molar-refractivity contribution >= 4 is 39.2 Å². The smallest absolute Gasteiger partial charge is 0.317 e. The van der Waals surface area contributed by atoms with Crippen molar-refractivity contribution in [2.75, 3.05) is 38.1 Å². The molecule has 0 aromatic heterocycles. The highest BCUT2D eigenvalue weighted by molar-refractivity contribution is 7.92. The average Bonchev–Trinajstić information content (AvgIpc) is 2.98. The number of nitrogens with zero attached hydrogens (tertiary/aromatic N) is 2. The molecule has 3 N–H and O–H groups in total. The number of nitrogens with one attached hydrogen (secondary N) is 2. The summed E-state index contributed by atoms with van der Waals surface area (Å²) in [6.07, 6.45) is 1.69. The van der Waals surface area contributed by atoms with Gasteiger partial charge in [0.05, 0.1) is 35.3 Å². The highest BCUT2D eigenvalue weighted by atomic mass is 35.5. The second kappa shape index (κ2) is 16.5. The van der Waals surface area contributed by atoms with Gasteiger partial charge in [-0.15, -0.1) is 0 Å². The van der Waals surface area contributed by atoms with Crippen molar-refractivity contribution in [1.82, 2.24) is 15.1 Å². The molecule has 3 rings (SSSR count). The van der Waals surface area contributed by atoms with Crippen LogP contribution in [0, 0.1) is 5.92 Å². The summed E-state index contributed by atoms with van der Waals surface area (Å²) in [4.78, 5) is 30.1. The van der Waals surface area contributed by atoms with Crippen molar-refractivity contribution in [3.8, 4) is 5.75 Å². The SMILES string of the molecule is CC(C)NC(=O)N(C)C[C@@H]1OCCCC[C@@H](C)Oc2ccc(NS(=O)(=O)c3ccc(Cl)cc3)cc2C(=O)N([C@H](C)CO)C[C@@H]1C. The Morgan fingerprint density at radius 1 is 1.13 bits per heavy atom. The van der Waals surface area contributed by atoms with Crippen LogP contribution in [-0.4, -0.2) is 92.9 Å². The fraction of sp³-hybridized carbons (Fsp3) is 0.562. The molecule has 0 saturated heterocycles. The average molecular weight is 667 g/mol. The lowest BCUT2D eigenvalue weighted by Gasteiger charge is -2.36. The topological polar surface area (TPSA) is 138 Å². The number of rotatable bonds is 8. The number of hydrogen-bond acceptors (Lipinski definition) is 7. The van der Waals surface area contributed by atoms with E-state index in [1.54, 1.807) is 35.9 Å². The van der Waals surface area contributed by atoms with Crippen LogP contribution in [0.25, 0.3) is 0 Å². The van der Waals surface area contributed by atoms with Gasteiger partial charge in [-0.2, -0.15) is 0 Å². The Morgan fingerprint density at radius 2 is 1.82 bits per heavy atom. The van der Waals surface area contributed by atoms with Gasteiger partial charge in [0, 0.05) is 49.4 Å². The van der Waals surface area contributed by atoms with E-state index in [-0.39, 0.29) is 59.5 Å². The zero-order valence-electron chi connectivity index (χ0n) is 27.0. The van der Waals surface area contributed by atoms with Crippen LogP contribution in [0.2, 0.25) is 5.02 Å². The van der Waals surface area contributed by atoms with Gasteiger partial charge >= 0.3 is 6.03 Å². The molecule has 2 aromatic carbocycles. The molecule has 3 amide bonds. The Labute approximate surface area is 272 Å². The summed E-state index contributed by atoms with van der Waals surface area (Å²) in [5.41, 5.74) is 0.340. The molecular formula is C32H47ClN4O7S. The Morgan fingerprint density at radius 3 is 2.47 bits per heavy atom. The van der Waals surface area contributed by atoms with E-state index in [9.17, 15) is 23.1 Å². The maximum absolute atomic E-state index is 14.3. The predicted octanol–water partition coefficient (Wildman–Crippen LogP) is 4.99. The third-order valence-corrected chi connectivity index (χ3v) is 9.29. The van der Waals surface area contributed by atoms with Gasteiger partial charge in [-0.25, -0.2) is 13.2 Å². The van der Waals surface area contributed by atoms with Crippen molar-refractivity contribution in [2.24, 2.45) is 5.92 Å². The Kier molecular flexibility index (Phi) is 13.3. The third kappa shape index (κ3) is 10.5. The second-order valence-corrected chi connectivity index (χ2v) is 14.2. The number of amides is 3. The number of urea groups is 1. The maximum atomic E-state index is 14.3. The molecule has 13 heteroatoms. The molecule has 0 radical (unpaired) electrons. The number of aliphatic hydroxyl groups is 1. The van der Waals surface area contributed by atoms with Gasteiger partial charge in [-0.3, -0.25) is 9.52 Å². The first kappa shape index (κ1) is 36.4. The standard InChI is InChI=1S/C32H47ClN4O7S/c1-21(2)34-32(40)36(6)19-30-22(3)18-37(23(4)20-38)31(39)28-17-26(35-45(41,42)27-13-10-25(33)11-14-27)12-15-29(28)44-24(5)9-7-8-16-43-30/h10-15,17,21-24,30,35,38H,7-9,16,18-20H2,1-6H3,(H,34,40)/t22-,23+,24+,30-/m0/s1. The predicted molar refractivity (Wildman–Crippen MR) is 175 cm³/mol. The number of aliphatic hydroxyl groups excluding tert-OH is 1. The Balaban J connectivity index is 1.98. The van der Waals surface area contributed by atoms with Crippen molar-refractivity contribution in [2.45, 2.75) is 83.1 Å². The van der Waals surface area contributed by atoms with Crippen LogP contribution < -0.4 is 14.8 Å². The van der Waals surface area contributed by atoms with Gasteiger partial charge in [0.15, 0.2) is 0 Å². The van der Waals surface area contributed by atoms with Crippen LogP contribution >= 0.6 is 11.6 Å². The number of likely N-dealkylation sites (N-methyl/N-ethyl adjacent to an activating group) is 1. The molecule has 0 bridgehead atoms. The van der Waals surface area contributed by atoms with Crippen LogP contribution in [0.15, 0.2) is 47.4 Å². The van der Waals surface area contributed by atoms with Gasteiger partial charge in [0.25, 0.3) is 15.9 Å². The molecule has 45 heavy (non-hydrogen) atoms. The number of benzene rings is 2. The van der Waals surface area contributed by atoms with E-state index >= 15 is 0 Å². The highest BCUT2D eigenvalue weighted by Crippen LogP contribution is 2.29. The molecule has 1 aliphatic rings. The zero-order valence-corrected chi connectivity index (χ0v) is 28.5. The minimum absolute atomic E-state index is 0.0191. The van der Waals surface area contributed by atoms with E-state index in [0.717, 1.165) is 12.8 Å². The minimum atomic E-state index is -3.98. The zero-order chi connectivity index (χ0) is 33.3. The summed E-state index contributed by atoms with van der Waals surface area (Å²) in [5, 5.41) is 13.4. The van der Waals surface area contributed by atoms with E-state index in [0.29, 0.717) is 30.3 Å². The summed E-state index contributed by atoms with van der Waals surface area (Å²) in [6.45, 7) is 10.1. The largest absolute Gasteiger partial charge is 0.490 e. The van der Waals surface area contributed by atoms with Gasteiger partial charge in [-0.1, -0.05) is 18.5 Å². The van der Waals surface area contributed by atoms with E-state index in [1.165, 1.54) is 30.3 Å². The van der Waals surface area contributed by atoms with Crippen molar-refractivity contribution in [1.29, 1.82) is 0 Å². The fourth-order valence-corrected chi connectivity index (χ4v) is 6.16. The normalized spacial score (nSPS) is 20.9. The molecule has 2 aromatic rings. The molecule has 1 heterocycles. The van der Waals surface area contributed by atoms with Gasteiger partial charge in [0.1, 0.15) is 5.75 Å². The summed E-state index contributed by atoms with van der Waals surface area (Å²) >= 11 is 5.93. The second-order valence-electron chi connectivity index (χ2n) is 12.1. The third-order valence-electron chi connectivity index (χ3n) is 7.64. The molecule has 0 fully saturated rings. The molecule has 0 spiro atoms. The van der Waals surface area contributed by atoms with E-state index in [4.69, 9.17) is 21.1 Å². The molecule has 0 saturated carbocycles. The van der Waals surface area contributed by atoms with Crippen LogP contribution in [0.4, 0.5) is 10.5 Å². The number of anilines is 1. The van der Waals surface area contributed by atoms with E-state index < -0.39 is 22.0 Å². The number of ether oxygens (including phenoxy) is 2. The van der Waals surface area contributed by atoms with Crippen LogP contribution in [0.5, 0.6) is 5.75 Å². The molecule has 1 aliphatic heterocycles. The first-order valence-corrected chi connectivity index (χ1v) is 17.2. The van der Waals surface area contributed by atoms with Crippen LogP contribution in [0.1, 0.15) is 64.2 Å². The molecule has 250 valence electrons. The fourth-order valence-electron chi connectivity index (χ4n) is 4.99. The molecule has 0 unspecified atom stereocenters. The molecular weight excluding hydrogens is 620 g/mol. The number of hydrogen-bond donors (Lipinski definition) is 3. The lowest BCUT2D eigenvalue weighted by atomic mass is 10.0. The summed E-state index contributed by atoms with van der Waals surface area (Å²) in [7, 11) is -2.27. The highest BCUT2D eigenvalue weighted by Gasteiger charge is 2.31. The number of fused-ring (bicyclic) bond motifs is 1. The van der Waals surface area contributed by atoms with Crippen molar-refractivity contribution < 1.29 is 32.6 Å². The van der Waals surface area contributed by atoms with Crippen LogP contribution in [0.3, 0.4) is 0 Å². The summed E-state index contributed by atoms with van der Waals surface area (Å²) in [6, 6.07) is 9.56. The quantitative estimate of drug-likeness (QED) is 0.361. The Hall–Kier alpha value is -3.06. The van der Waals surface area contributed by atoms with Crippen molar-refractivity contribution in [3.63, 3.8) is 0 Å². The van der Waals surface area contributed by atoms with Crippen LogP contribution in [-0.2, 0) is 14.8 Å². The number of carbonyl (C=O) groups is 2. The lowest BCUT2D eigenvalue weighted by molar-refractivity contribution is -0.0122. The minimum Gasteiger partial charge on any atom is -0.490 e. The van der Waals surface area contributed by atoms with Crippen molar-refractivity contribution in [3.05, 3.63) is 53.1 Å². The van der Waals surface area contributed by atoms with E-state index in [1.807, 2.05) is 27.7 Å². The molecule has 0 aliphatic carbocycles. The Bertz CT molecular complexity index is 1390. The lowest BCUT2D eigenvalue weighted by Crippen LogP contribution is -2.49. The molecule has 11 nitrogen and oxygen atoms in total. The monoisotopic (exact) mass is 666 g/mol. The molecule has 4 atom stereocenters. The first-order valence-electron chi connectivity index (χ1n) is 15.4.